The van der Waals surface area contributed by atoms with Crippen molar-refractivity contribution >= 4 is 22.6 Å². The Morgan fingerprint density at radius 2 is 1.81 bits per heavy atom. The van der Waals surface area contributed by atoms with Crippen molar-refractivity contribution in [2.24, 2.45) is 0 Å². The molecular weight excluding hydrogens is 326 g/mol. The molecule has 0 bridgehead atoms. The van der Waals surface area contributed by atoms with Crippen molar-refractivity contribution in [1.29, 1.82) is 0 Å². The van der Waals surface area contributed by atoms with E-state index in [1.54, 1.807) is 24.0 Å². The molecular formula is C19H23N7. The molecule has 0 aliphatic heterocycles. The van der Waals surface area contributed by atoms with E-state index in [2.05, 4.69) is 30.4 Å². The summed E-state index contributed by atoms with van der Waals surface area (Å²) in [5, 5.41) is 8.39. The van der Waals surface area contributed by atoms with Gasteiger partial charge in [0.25, 0.3) is 0 Å². The fourth-order valence-electron chi connectivity index (χ4n) is 3.26. The topological polar surface area (TPSA) is 83.8 Å². The second kappa shape index (κ2) is 7.51. The molecule has 0 radical (unpaired) electrons. The van der Waals surface area contributed by atoms with Gasteiger partial charge < -0.3 is 10.3 Å². The molecule has 0 spiro atoms. The Kier molecular flexibility index (Phi) is 4.77. The van der Waals surface area contributed by atoms with Gasteiger partial charge in [-0.25, -0.2) is 14.5 Å². The van der Waals surface area contributed by atoms with Crippen LogP contribution >= 0.6 is 0 Å². The highest BCUT2D eigenvalue weighted by atomic mass is 15.2. The lowest BCUT2D eigenvalue weighted by Gasteiger charge is -2.05. The summed E-state index contributed by atoms with van der Waals surface area (Å²) in [6.07, 6.45) is 16.2. The van der Waals surface area contributed by atoms with Gasteiger partial charge >= 0.3 is 0 Å². The zero-order valence-corrected chi connectivity index (χ0v) is 14.9. The van der Waals surface area contributed by atoms with Gasteiger partial charge in [-0.15, -0.1) is 0 Å². The van der Waals surface area contributed by atoms with Crippen molar-refractivity contribution in [1.82, 2.24) is 29.5 Å². The number of anilines is 1. The first-order chi connectivity index (χ1) is 12.8. The van der Waals surface area contributed by atoms with Crippen molar-refractivity contribution < 1.29 is 0 Å². The van der Waals surface area contributed by atoms with Crippen LogP contribution in [-0.2, 0) is 0 Å². The number of aromatic amines is 1. The summed E-state index contributed by atoms with van der Waals surface area (Å²) in [4.78, 5) is 15.9. The highest BCUT2D eigenvalue weighted by molar-refractivity contribution is 5.92. The summed E-state index contributed by atoms with van der Waals surface area (Å²) in [6.45, 7) is 0. The SMILES string of the molecule is C1CCCCC1.CNc1ncc2c(-c3ccc4nccn4n3)c[nH]c2n1. The quantitative estimate of drug-likeness (QED) is 0.570. The van der Waals surface area contributed by atoms with Gasteiger partial charge in [-0.3, -0.25) is 0 Å². The molecule has 1 fully saturated rings. The summed E-state index contributed by atoms with van der Waals surface area (Å²) in [6, 6.07) is 3.88. The lowest BCUT2D eigenvalue weighted by Crippen LogP contribution is -1.96. The van der Waals surface area contributed by atoms with Crippen LogP contribution in [0, 0.1) is 0 Å². The van der Waals surface area contributed by atoms with Gasteiger partial charge in [0.1, 0.15) is 5.65 Å². The summed E-state index contributed by atoms with van der Waals surface area (Å²) < 4.78 is 1.75. The molecule has 5 rings (SSSR count). The number of aromatic nitrogens is 6. The molecule has 26 heavy (non-hydrogen) atoms. The van der Waals surface area contributed by atoms with Crippen molar-refractivity contribution in [3.05, 3.63) is 36.9 Å². The number of imidazole rings is 1. The van der Waals surface area contributed by atoms with Crippen molar-refractivity contribution in [3.63, 3.8) is 0 Å². The third-order valence-corrected chi connectivity index (χ3v) is 4.69. The molecule has 7 nitrogen and oxygen atoms in total. The Hall–Kier alpha value is -2.96. The summed E-state index contributed by atoms with van der Waals surface area (Å²) in [5.41, 5.74) is 3.43. The van der Waals surface area contributed by atoms with E-state index in [0.29, 0.717) is 5.95 Å². The minimum absolute atomic E-state index is 0.587. The Labute approximate surface area is 151 Å². The molecule has 4 aromatic rings. The largest absolute Gasteiger partial charge is 0.357 e. The van der Waals surface area contributed by atoms with Crippen LogP contribution in [0.25, 0.3) is 27.9 Å². The van der Waals surface area contributed by atoms with Gasteiger partial charge in [0, 0.05) is 42.8 Å². The molecule has 0 amide bonds. The number of rotatable bonds is 2. The minimum Gasteiger partial charge on any atom is -0.357 e. The molecule has 0 saturated heterocycles. The Balaban J connectivity index is 0.000000240. The first-order valence-electron chi connectivity index (χ1n) is 9.18. The van der Waals surface area contributed by atoms with Crippen LogP contribution in [0.1, 0.15) is 38.5 Å². The molecule has 4 aromatic heterocycles. The van der Waals surface area contributed by atoms with Crippen molar-refractivity contribution in [2.75, 3.05) is 12.4 Å². The molecule has 1 aliphatic carbocycles. The van der Waals surface area contributed by atoms with Gasteiger partial charge in [-0.2, -0.15) is 10.1 Å². The van der Waals surface area contributed by atoms with E-state index >= 15 is 0 Å². The van der Waals surface area contributed by atoms with Gasteiger partial charge in [-0.05, 0) is 12.1 Å². The first-order valence-corrected chi connectivity index (χ1v) is 9.18. The maximum absolute atomic E-state index is 4.53. The fraction of sp³-hybridized carbons (Fsp3) is 0.368. The smallest absolute Gasteiger partial charge is 0.224 e. The van der Waals surface area contributed by atoms with Crippen LogP contribution < -0.4 is 5.32 Å². The Morgan fingerprint density at radius 1 is 1.04 bits per heavy atom. The van der Waals surface area contributed by atoms with Crippen molar-refractivity contribution in [3.8, 4) is 11.3 Å². The van der Waals surface area contributed by atoms with E-state index in [1.165, 1.54) is 38.5 Å². The molecule has 7 heteroatoms. The van der Waals surface area contributed by atoms with Gasteiger partial charge in [-0.1, -0.05) is 38.5 Å². The van der Waals surface area contributed by atoms with E-state index in [4.69, 9.17) is 0 Å². The molecule has 134 valence electrons. The molecule has 0 unspecified atom stereocenters. The predicted molar refractivity (Wildman–Crippen MR) is 103 cm³/mol. The molecule has 4 heterocycles. The second-order valence-corrected chi connectivity index (χ2v) is 6.48. The van der Waals surface area contributed by atoms with E-state index in [1.807, 2.05) is 24.5 Å². The average molecular weight is 349 g/mol. The van der Waals surface area contributed by atoms with E-state index in [0.717, 1.165) is 27.9 Å². The first kappa shape index (κ1) is 16.5. The summed E-state index contributed by atoms with van der Waals surface area (Å²) >= 11 is 0. The summed E-state index contributed by atoms with van der Waals surface area (Å²) in [5.74, 6) is 0.587. The summed E-state index contributed by atoms with van der Waals surface area (Å²) in [7, 11) is 1.79. The Bertz CT molecular complexity index is 986. The number of nitrogens with zero attached hydrogens (tertiary/aromatic N) is 5. The van der Waals surface area contributed by atoms with Crippen LogP contribution in [0.4, 0.5) is 5.95 Å². The minimum atomic E-state index is 0.587. The number of hydrogen-bond acceptors (Lipinski definition) is 5. The zero-order chi connectivity index (χ0) is 17.8. The number of H-pyrrole nitrogens is 1. The molecule has 0 atom stereocenters. The molecule has 0 aromatic carbocycles. The molecule has 2 N–H and O–H groups in total. The maximum Gasteiger partial charge on any atom is 0.224 e. The third kappa shape index (κ3) is 3.37. The highest BCUT2D eigenvalue weighted by Crippen LogP contribution is 2.26. The van der Waals surface area contributed by atoms with Crippen LogP contribution in [0.15, 0.2) is 36.9 Å². The predicted octanol–water partition coefficient (Wildman–Crippen LogP) is 4.05. The van der Waals surface area contributed by atoms with Crippen LogP contribution in [-0.4, -0.2) is 36.6 Å². The van der Waals surface area contributed by atoms with Crippen LogP contribution in [0.3, 0.4) is 0 Å². The Morgan fingerprint density at radius 3 is 2.54 bits per heavy atom. The lowest BCUT2D eigenvalue weighted by molar-refractivity contribution is 0.504. The maximum atomic E-state index is 4.53. The number of fused-ring (bicyclic) bond motifs is 2. The van der Waals surface area contributed by atoms with E-state index < -0.39 is 0 Å². The fourth-order valence-corrected chi connectivity index (χ4v) is 3.26. The number of hydrogen-bond donors (Lipinski definition) is 2. The molecule has 1 aliphatic rings. The van der Waals surface area contributed by atoms with Crippen LogP contribution in [0.5, 0.6) is 0 Å². The average Bonchev–Trinajstić information content (AvgIpc) is 3.35. The van der Waals surface area contributed by atoms with Gasteiger partial charge in [0.15, 0.2) is 5.65 Å². The monoisotopic (exact) mass is 349 g/mol. The standard InChI is InChI=1S/C13H11N7.C6H12/c1-14-13-17-7-9-8(6-16-12(9)18-13)10-2-3-11-15-4-5-20(11)19-10;1-2-4-6-5-3-1/h2-7H,1H3,(H2,14,16,17,18);1-6H2. The highest BCUT2D eigenvalue weighted by Gasteiger charge is 2.10. The zero-order valence-electron chi connectivity index (χ0n) is 14.9. The normalized spacial score (nSPS) is 14.2. The van der Waals surface area contributed by atoms with Gasteiger partial charge in [0.05, 0.1) is 5.69 Å². The van der Waals surface area contributed by atoms with Gasteiger partial charge in [0.2, 0.25) is 5.95 Å². The van der Waals surface area contributed by atoms with Crippen LogP contribution in [0.2, 0.25) is 0 Å². The number of nitrogens with one attached hydrogen (secondary N) is 2. The van der Waals surface area contributed by atoms with E-state index in [-0.39, 0.29) is 0 Å². The van der Waals surface area contributed by atoms with E-state index in [9.17, 15) is 0 Å². The van der Waals surface area contributed by atoms with Crippen molar-refractivity contribution in [2.45, 2.75) is 38.5 Å². The molecule has 1 saturated carbocycles. The second-order valence-electron chi connectivity index (χ2n) is 6.48. The lowest BCUT2D eigenvalue weighted by atomic mass is 10.0. The third-order valence-electron chi connectivity index (χ3n) is 4.69.